The Kier molecular flexibility index (Phi) is 21.4. The van der Waals surface area contributed by atoms with Crippen LogP contribution in [0.2, 0.25) is 0 Å². The lowest BCUT2D eigenvalue weighted by molar-refractivity contribution is -0.144. The minimum atomic E-state index is -1.63. The molecule has 9 atom stereocenters. The van der Waals surface area contributed by atoms with Gasteiger partial charge in [-0.3, -0.25) is 43.2 Å². The number of aliphatic hydroxyl groups is 2. The van der Waals surface area contributed by atoms with E-state index in [1.54, 1.807) is 27.7 Å². The molecule has 1 heterocycles. The van der Waals surface area contributed by atoms with Gasteiger partial charge in [-0.2, -0.15) is 0 Å². The number of carboxylic acids is 1. The average Bonchev–Trinajstić information content (AvgIpc) is 3.63. The Bertz CT molecular complexity index is 1540. The lowest BCUT2D eigenvalue weighted by atomic mass is 10.0. The van der Waals surface area contributed by atoms with Crippen molar-refractivity contribution < 1.29 is 63.3 Å². The number of aliphatic carboxylic acids is 1. The van der Waals surface area contributed by atoms with E-state index in [1.807, 2.05) is 0 Å². The van der Waals surface area contributed by atoms with E-state index in [9.17, 15) is 63.3 Å². The maximum atomic E-state index is 13.4. The molecule has 1 rings (SSSR count). The van der Waals surface area contributed by atoms with E-state index in [2.05, 4.69) is 37.2 Å². The molecule has 1 fully saturated rings. The van der Waals surface area contributed by atoms with Gasteiger partial charge in [0.25, 0.3) is 0 Å². The Labute approximate surface area is 342 Å². The second kappa shape index (κ2) is 24.5. The second-order valence-corrected chi connectivity index (χ2v) is 15.4. The molecule has 0 saturated carbocycles. The number of likely N-dealkylation sites (tertiary alicyclic amines) is 1. The zero-order valence-electron chi connectivity index (χ0n) is 34.5. The van der Waals surface area contributed by atoms with Crippen molar-refractivity contribution >= 4 is 59.1 Å². The van der Waals surface area contributed by atoms with Crippen LogP contribution >= 0.6 is 0 Å². The number of nitrogens with one attached hydrogen (secondary N) is 7. The van der Waals surface area contributed by atoms with Gasteiger partial charge in [-0.1, -0.05) is 27.7 Å². The van der Waals surface area contributed by atoms with Crippen LogP contribution in [-0.4, -0.2) is 153 Å². The van der Waals surface area contributed by atoms with Crippen LogP contribution in [0.1, 0.15) is 80.6 Å². The fourth-order valence-electron chi connectivity index (χ4n) is 5.91. The van der Waals surface area contributed by atoms with Crippen molar-refractivity contribution in [2.45, 2.75) is 135 Å². The minimum absolute atomic E-state index is 0.00869. The first-order valence-corrected chi connectivity index (χ1v) is 19.3. The molecule has 0 aromatic rings. The van der Waals surface area contributed by atoms with Crippen LogP contribution in [0, 0.1) is 11.8 Å². The maximum Gasteiger partial charge on any atom is 0.326 e. The number of hydrogen-bond donors (Lipinski definition) is 12. The highest BCUT2D eigenvalue weighted by atomic mass is 16.4. The first-order valence-electron chi connectivity index (χ1n) is 19.3. The van der Waals surface area contributed by atoms with Gasteiger partial charge in [0, 0.05) is 6.54 Å². The summed E-state index contributed by atoms with van der Waals surface area (Å²) in [6, 6.07) is -10.6. The molecule has 9 amide bonds. The summed E-state index contributed by atoms with van der Waals surface area (Å²) in [7, 11) is 0. The van der Waals surface area contributed by atoms with Gasteiger partial charge in [0.2, 0.25) is 53.2 Å². The zero-order valence-corrected chi connectivity index (χ0v) is 34.5. The van der Waals surface area contributed by atoms with Crippen molar-refractivity contribution in [1.82, 2.24) is 42.1 Å². The van der Waals surface area contributed by atoms with E-state index in [0.717, 1.165) is 4.90 Å². The van der Waals surface area contributed by atoms with Crippen molar-refractivity contribution in [2.24, 2.45) is 23.3 Å². The molecule has 1 saturated heterocycles. The molecule has 23 nitrogen and oxygen atoms in total. The molecule has 0 unspecified atom stereocenters. The van der Waals surface area contributed by atoms with Gasteiger partial charge in [0.15, 0.2) is 0 Å². The van der Waals surface area contributed by atoms with Crippen LogP contribution in [0.15, 0.2) is 0 Å². The SMILES string of the molecule is CC(C)C[C@H](NC(=O)[C@H](CO)NC(=O)[C@H](C)NC(=O)[C@H](CC(C)C)NC(=O)[C@H](CC(N)=O)NC(=O)CNC(=O)[C@@H]1CCCN1C(=O)[C@@H](NC(=O)[C@H](C)N)[C@@H](C)O)C(=O)O. The molecule has 23 heteroatoms. The Morgan fingerprint density at radius 2 is 1.22 bits per heavy atom. The molecular weight excluding hydrogens is 780 g/mol. The van der Waals surface area contributed by atoms with Gasteiger partial charge in [-0.25, -0.2) is 4.79 Å². The fourth-order valence-corrected chi connectivity index (χ4v) is 5.91. The molecule has 0 spiro atoms. The van der Waals surface area contributed by atoms with E-state index in [4.69, 9.17) is 11.5 Å². The summed E-state index contributed by atoms with van der Waals surface area (Å²) < 4.78 is 0. The lowest BCUT2D eigenvalue weighted by Crippen LogP contribution is -2.59. The van der Waals surface area contributed by atoms with Crippen LogP contribution in [0.3, 0.4) is 0 Å². The molecule has 0 aromatic heterocycles. The molecule has 1 aliphatic heterocycles. The predicted octanol–water partition coefficient (Wildman–Crippen LogP) is -5.21. The normalized spacial score (nSPS) is 17.8. The highest BCUT2D eigenvalue weighted by Gasteiger charge is 2.40. The van der Waals surface area contributed by atoms with Crippen molar-refractivity contribution in [1.29, 1.82) is 0 Å². The molecule has 14 N–H and O–H groups in total. The van der Waals surface area contributed by atoms with Crippen LogP contribution in [0.25, 0.3) is 0 Å². The quantitative estimate of drug-likeness (QED) is 0.0432. The smallest absolute Gasteiger partial charge is 0.326 e. The molecule has 59 heavy (non-hydrogen) atoms. The van der Waals surface area contributed by atoms with Gasteiger partial charge in [-0.15, -0.1) is 0 Å². The van der Waals surface area contributed by atoms with Gasteiger partial charge >= 0.3 is 5.97 Å². The van der Waals surface area contributed by atoms with Gasteiger partial charge in [0.1, 0.15) is 42.3 Å². The predicted molar refractivity (Wildman–Crippen MR) is 208 cm³/mol. The number of primary amides is 1. The van der Waals surface area contributed by atoms with Crippen LogP contribution < -0.4 is 48.7 Å². The molecule has 334 valence electrons. The summed E-state index contributed by atoms with van der Waals surface area (Å²) in [5.74, 6) is -9.56. The first kappa shape index (κ1) is 51.6. The van der Waals surface area contributed by atoms with E-state index < -0.39 is 133 Å². The van der Waals surface area contributed by atoms with Gasteiger partial charge < -0.3 is 68.9 Å². The average molecular weight is 843 g/mol. The van der Waals surface area contributed by atoms with Crippen molar-refractivity contribution in [3.05, 3.63) is 0 Å². The lowest BCUT2D eigenvalue weighted by Gasteiger charge is -2.30. The minimum Gasteiger partial charge on any atom is -0.480 e. The fraction of sp³-hybridized carbons (Fsp3) is 0.722. The second-order valence-electron chi connectivity index (χ2n) is 15.4. The van der Waals surface area contributed by atoms with Crippen molar-refractivity contribution in [3.63, 3.8) is 0 Å². The van der Waals surface area contributed by atoms with Crippen LogP contribution in [0.4, 0.5) is 0 Å². The van der Waals surface area contributed by atoms with E-state index >= 15 is 0 Å². The third-order valence-electron chi connectivity index (χ3n) is 9.01. The highest BCUT2D eigenvalue weighted by Crippen LogP contribution is 2.19. The largest absolute Gasteiger partial charge is 0.480 e. The van der Waals surface area contributed by atoms with Crippen molar-refractivity contribution in [2.75, 3.05) is 19.7 Å². The number of nitrogens with zero attached hydrogens (tertiary/aromatic N) is 1. The summed E-state index contributed by atoms with van der Waals surface area (Å²) in [6.45, 7) is 9.36. The summed E-state index contributed by atoms with van der Waals surface area (Å²) in [5.41, 5.74) is 10.9. The van der Waals surface area contributed by atoms with Gasteiger partial charge in [-0.05, 0) is 58.3 Å². The summed E-state index contributed by atoms with van der Waals surface area (Å²) in [4.78, 5) is 128. The molecule has 0 bridgehead atoms. The third kappa shape index (κ3) is 17.5. The highest BCUT2D eigenvalue weighted by molar-refractivity contribution is 5.98. The molecule has 0 aromatic carbocycles. The number of carbonyl (C=O) groups is 10. The molecule has 0 radical (unpaired) electrons. The number of rotatable bonds is 24. The van der Waals surface area contributed by atoms with Crippen LogP contribution in [-0.2, 0) is 47.9 Å². The number of nitrogens with two attached hydrogens (primary N) is 2. The van der Waals surface area contributed by atoms with Crippen molar-refractivity contribution in [3.8, 4) is 0 Å². The summed E-state index contributed by atoms with van der Waals surface area (Å²) in [5, 5.41) is 45.7. The summed E-state index contributed by atoms with van der Waals surface area (Å²) >= 11 is 0. The molecule has 0 aliphatic carbocycles. The molecule has 1 aliphatic rings. The third-order valence-corrected chi connectivity index (χ3v) is 9.01. The number of amides is 9. The Balaban J connectivity index is 2.98. The zero-order chi connectivity index (χ0) is 45.3. The Morgan fingerprint density at radius 1 is 0.695 bits per heavy atom. The standard InChI is InChI=1S/C36H62N10O13/c1-16(2)11-21(31(53)40-19(6)30(52)44-24(15-47)33(55)43-23(36(58)59)12-17(3)4)42-32(54)22(13-26(38)49)41-27(50)14-39-34(56)25-9-8-10-46(25)35(57)28(20(7)48)45-29(51)18(5)37/h16-25,28,47-48H,8-15,37H2,1-7H3,(H2,38,49)(H,39,56)(H,40,53)(H,41,50)(H,42,54)(H,43,55)(H,44,52)(H,45,51)(H,58,59)/t18-,19-,20+,21-,22-,23-,24-,25-,28-/m0/s1. The first-order chi connectivity index (χ1) is 27.4. The van der Waals surface area contributed by atoms with E-state index in [-0.39, 0.29) is 37.6 Å². The topological polar surface area (TPSA) is 371 Å². The number of hydrogen-bond acceptors (Lipinski definition) is 13. The Morgan fingerprint density at radius 3 is 1.73 bits per heavy atom. The van der Waals surface area contributed by atoms with Crippen LogP contribution in [0.5, 0.6) is 0 Å². The summed E-state index contributed by atoms with van der Waals surface area (Å²) in [6.07, 6.45) is -1.37. The number of carbonyl (C=O) groups excluding carboxylic acids is 9. The van der Waals surface area contributed by atoms with Gasteiger partial charge in [0.05, 0.1) is 31.7 Å². The van der Waals surface area contributed by atoms with E-state index in [0.29, 0.717) is 6.42 Å². The Hall–Kier alpha value is -5.42. The maximum absolute atomic E-state index is 13.4. The molecular formula is C36H62N10O13. The number of carboxylic acid groups (broad SMARTS) is 1. The number of aliphatic hydroxyl groups excluding tert-OH is 2. The van der Waals surface area contributed by atoms with E-state index in [1.165, 1.54) is 20.8 Å². The monoisotopic (exact) mass is 842 g/mol.